The molecule has 1 aromatic rings. The summed E-state index contributed by atoms with van der Waals surface area (Å²) >= 11 is 6.58. The molecule has 0 saturated carbocycles. The van der Waals surface area contributed by atoms with Gasteiger partial charge in [0.1, 0.15) is 5.75 Å². The zero-order chi connectivity index (χ0) is 14.8. The highest BCUT2D eigenvalue weighted by molar-refractivity contribution is 6.21. The van der Waals surface area contributed by atoms with Crippen molar-refractivity contribution in [2.75, 3.05) is 6.61 Å². The molecule has 114 valence electrons. The second-order valence-corrected chi connectivity index (χ2v) is 6.03. The van der Waals surface area contributed by atoms with E-state index in [1.807, 2.05) is 13.0 Å². The lowest BCUT2D eigenvalue weighted by Crippen LogP contribution is -2.00. The number of halogens is 1. The summed E-state index contributed by atoms with van der Waals surface area (Å²) in [7, 11) is 0. The van der Waals surface area contributed by atoms with Gasteiger partial charge in [-0.1, -0.05) is 63.1 Å². The second kappa shape index (κ2) is 10.1. The van der Waals surface area contributed by atoms with Gasteiger partial charge in [0.05, 0.1) is 12.0 Å². The predicted octanol–water partition coefficient (Wildman–Crippen LogP) is 6.42. The van der Waals surface area contributed by atoms with E-state index in [9.17, 15) is 0 Å². The molecule has 0 aliphatic rings. The predicted molar refractivity (Wildman–Crippen MR) is 88.9 cm³/mol. The molecular formula is C18H29ClO. The topological polar surface area (TPSA) is 9.23 Å². The monoisotopic (exact) mass is 296 g/mol. The van der Waals surface area contributed by atoms with E-state index < -0.39 is 0 Å². The zero-order valence-electron chi connectivity index (χ0n) is 13.3. The van der Waals surface area contributed by atoms with Crippen LogP contribution >= 0.6 is 11.6 Å². The lowest BCUT2D eigenvalue weighted by atomic mass is 10.0. The summed E-state index contributed by atoms with van der Waals surface area (Å²) in [5.41, 5.74) is 2.40. The first-order chi connectivity index (χ1) is 9.69. The number of hydrogen-bond acceptors (Lipinski definition) is 1. The molecule has 1 unspecified atom stereocenters. The number of unbranched alkanes of at least 4 members (excludes halogenated alkanes) is 5. The Hall–Kier alpha value is -0.690. The molecule has 1 rings (SSSR count). The third-order valence-corrected chi connectivity index (χ3v) is 4.07. The largest absolute Gasteiger partial charge is 0.494 e. The summed E-state index contributed by atoms with van der Waals surface area (Å²) < 4.78 is 5.69. The fraction of sp³-hybridized carbons (Fsp3) is 0.667. The molecule has 0 bridgehead atoms. The Balaban J connectivity index is 2.45. The van der Waals surface area contributed by atoms with Crippen molar-refractivity contribution in [3.05, 3.63) is 29.3 Å². The van der Waals surface area contributed by atoms with Crippen LogP contribution in [0.1, 0.15) is 75.3 Å². The van der Waals surface area contributed by atoms with Crippen LogP contribution in [0, 0.1) is 6.92 Å². The first kappa shape index (κ1) is 17.4. The van der Waals surface area contributed by atoms with E-state index in [-0.39, 0.29) is 5.38 Å². The van der Waals surface area contributed by atoms with Gasteiger partial charge in [-0.3, -0.25) is 0 Å². The highest BCUT2D eigenvalue weighted by Gasteiger charge is 2.13. The molecule has 0 saturated heterocycles. The fourth-order valence-electron chi connectivity index (χ4n) is 2.46. The van der Waals surface area contributed by atoms with E-state index in [2.05, 4.69) is 26.0 Å². The van der Waals surface area contributed by atoms with Crippen LogP contribution in [0.3, 0.4) is 0 Å². The molecule has 0 spiro atoms. The van der Waals surface area contributed by atoms with Gasteiger partial charge in [0.25, 0.3) is 0 Å². The molecular weight excluding hydrogens is 268 g/mol. The van der Waals surface area contributed by atoms with E-state index in [0.29, 0.717) is 6.61 Å². The SMILES string of the molecule is CCCCCCCCC(Cl)c1cc(C)ccc1OCC. The molecule has 0 radical (unpaired) electrons. The van der Waals surface area contributed by atoms with E-state index in [0.717, 1.165) is 17.7 Å². The summed E-state index contributed by atoms with van der Waals surface area (Å²) in [6.07, 6.45) is 8.89. The van der Waals surface area contributed by atoms with Gasteiger partial charge in [0.15, 0.2) is 0 Å². The maximum absolute atomic E-state index is 6.58. The lowest BCUT2D eigenvalue weighted by molar-refractivity contribution is 0.335. The molecule has 0 heterocycles. The summed E-state index contributed by atoms with van der Waals surface area (Å²) in [6.45, 7) is 7.06. The molecule has 1 atom stereocenters. The Morgan fingerprint density at radius 1 is 1.05 bits per heavy atom. The minimum Gasteiger partial charge on any atom is -0.494 e. The Bertz CT molecular complexity index is 376. The molecule has 20 heavy (non-hydrogen) atoms. The van der Waals surface area contributed by atoms with Crippen LogP contribution < -0.4 is 4.74 Å². The van der Waals surface area contributed by atoms with Crippen LogP contribution in [0.4, 0.5) is 0 Å². The molecule has 0 aromatic heterocycles. The van der Waals surface area contributed by atoms with Crippen LogP contribution in [0.5, 0.6) is 5.75 Å². The lowest BCUT2D eigenvalue weighted by Gasteiger charge is -2.16. The molecule has 2 heteroatoms. The van der Waals surface area contributed by atoms with E-state index in [1.165, 1.54) is 44.1 Å². The van der Waals surface area contributed by atoms with E-state index >= 15 is 0 Å². The number of ether oxygens (including phenoxy) is 1. The molecule has 0 N–H and O–H groups in total. The van der Waals surface area contributed by atoms with E-state index in [4.69, 9.17) is 16.3 Å². The molecule has 0 amide bonds. The van der Waals surface area contributed by atoms with Crippen molar-refractivity contribution in [1.82, 2.24) is 0 Å². The minimum atomic E-state index is 0.0719. The average Bonchev–Trinajstić information content (AvgIpc) is 2.44. The van der Waals surface area contributed by atoms with Gasteiger partial charge in [-0.15, -0.1) is 11.6 Å². The average molecular weight is 297 g/mol. The van der Waals surface area contributed by atoms with Crippen LogP contribution in [-0.4, -0.2) is 6.61 Å². The van der Waals surface area contributed by atoms with E-state index in [1.54, 1.807) is 0 Å². The smallest absolute Gasteiger partial charge is 0.123 e. The first-order valence-electron chi connectivity index (χ1n) is 8.06. The summed E-state index contributed by atoms with van der Waals surface area (Å²) in [6, 6.07) is 6.30. The van der Waals surface area contributed by atoms with Crippen LogP contribution in [-0.2, 0) is 0 Å². The van der Waals surface area contributed by atoms with Crippen molar-refractivity contribution in [1.29, 1.82) is 0 Å². The fourth-order valence-corrected chi connectivity index (χ4v) is 2.78. The number of rotatable bonds is 10. The van der Waals surface area contributed by atoms with Crippen LogP contribution in [0.25, 0.3) is 0 Å². The maximum Gasteiger partial charge on any atom is 0.123 e. The standard InChI is InChI=1S/C18H29ClO/c1-4-6-7-8-9-10-11-17(19)16-14-15(3)12-13-18(16)20-5-2/h12-14,17H,4-11H2,1-3H3. The van der Waals surface area contributed by atoms with Gasteiger partial charge in [-0.2, -0.15) is 0 Å². The second-order valence-electron chi connectivity index (χ2n) is 5.50. The zero-order valence-corrected chi connectivity index (χ0v) is 14.0. The highest BCUT2D eigenvalue weighted by atomic mass is 35.5. The van der Waals surface area contributed by atoms with Crippen molar-refractivity contribution in [3.63, 3.8) is 0 Å². The molecule has 0 aliphatic carbocycles. The van der Waals surface area contributed by atoms with Crippen LogP contribution in [0.2, 0.25) is 0 Å². The van der Waals surface area contributed by atoms with Crippen LogP contribution in [0.15, 0.2) is 18.2 Å². The number of aryl methyl sites for hydroxylation is 1. The molecule has 1 nitrogen and oxygen atoms in total. The van der Waals surface area contributed by atoms with Crippen molar-refractivity contribution in [3.8, 4) is 5.75 Å². The van der Waals surface area contributed by atoms with Crippen molar-refractivity contribution < 1.29 is 4.74 Å². The first-order valence-corrected chi connectivity index (χ1v) is 8.50. The summed E-state index contributed by atoms with van der Waals surface area (Å²) in [5, 5.41) is 0.0719. The summed E-state index contributed by atoms with van der Waals surface area (Å²) in [4.78, 5) is 0. The molecule has 0 aliphatic heterocycles. The Morgan fingerprint density at radius 3 is 2.45 bits per heavy atom. The Morgan fingerprint density at radius 2 is 1.75 bits per heavy atom. The quantitative estimate of drug-likeness (QED) is 0.357. The summed E-state index contributed by atoms with van der Waals surface area (Å²) in [5.74, 6) is 0.948. The highest BCUT2D eigenvalue weighted by Crippen LogP contribution is 2.34. The Kier molecular flexibility index (Phi) is 8.77. The Labute approximate surface area is 129 Å². The number of hydrogen-bond donors (Lipinski definition) is 0. The van der Waals surface area contributed by atoms with Gasteiger partial charge in [-0.05, 0) is 26.3 Å². The van der Waals surface area contributed by atoms with Crippen molar-refractivity contribution in [2.24, 2.45) is 0 Å². The van der Waals surface area contributed by atoms with Crippen molar-refractivity contribution >= 4 is 11.6 Å². The van der Waals surface area contributed by atoms with Gasteiger partial charge < -0.3 is 4.74 Å². The number of benzene rings is 1. The van der Waals surface area contributed by atoms with Gasteiger partial charge >= 0.3 is 0 Å². The molecule has 0 fully saturated rings. The van der Waals surface area contributed by atoms with Gasteiger partial charge in [0.2, 0.25) is 0 Å². The van der Waals surface area contributed by atoms with Gasteiger partial charge in [0, 0.05) is 5.56 Å². The number of alkyl halides is 1. The van der Waals surface area contributed by atoms with Gasteiger partial charge in [-0.25, -0.2) is 0 Å². The molecule has 1 aromatic carbocycles. The third-order valence-electron chi connectivity index (χ3n) is 3.61. The maximum atomic E-state index is 6.58. The minimum absolute atomic E-state index is 0.0719. The normalized spacial score (nSPS) is 12.4. The third kappa shape index (κ3) is 6.17. The van der Waals surface area contributed by atoms with Crippen molar-refractivity contribution in [2.45, 2.75) is 71.1 Å².